The van der Waals surface area contributed by atoms with Crippen LogP contribution < -0.4 is 0 Å². The maximum Gasteiger partial charge on any atom is 0.160 e. The zero-order chi connectivity index (χ0) is 13.2. The molecule has 2 aliphatic heterocycles. The van der Waals surface area contributed by atoms with Crippen LogP contribution in [0.1, 0.15) is 30.5 Å². The summed E-state index contributed by atoms with van der Waals surface area (Å²) in [5, 5.41) is 0.448. The van der Waals surface area contributed by atoms with E-state index >= 15 is 0 Å². The van der Waals surface area contributed by atoms with Gasteiger partial charge < -0.3 is 9.47 Å². The third-order valence-electron chi connectivity index (χ3n) is 3.73. The summed E-state index contributed by atoms with van der Waals surface area (Å²) in [6.07, 6.45) is 2.41. The molecule has 0 N–H and O–H groups in total. The van der Waals surface area contributed by atoms with Gasteiger partial charge in [-0.1, -0.05) is 11.6 Å². The number of hydrogen-bond donors (Lipinski definition) is 0. The molecule has 3 heterocycles. The van der Waals surface area contributed by atoms with E-state index < -0.39 is 0 Å². The summed E-state index contributed by atoms with van der Waals surface area (Å²) < 4.78 is 11.0. The summed E-state index contributed by atoms with van der Waals surface area (Å²) in [5.41, 5.74) is 0.796. The third-order valence-corrected chi connectivity index (χ3v) is 3.93. The van der Waals surface area contributed by atoms with E-state index in [-0.39, 0.29) is 6.10 Å². The molecule has 104 valence electrons. The molecule has 19 heavy (non-hydrogen) atoms. The Labute approximate surface area is 117 Å². The number of halogens is 1. The summed E-state index contributed by atoms with van der Waals surface area (Å²) >= 11 is 6.04. The Balaban J connectivity index is 1.77. The highest BCUT2D eigenvalue weighted by atomic mass is 35.5. The lowest BCUT2D eigenvalue weighted by Crippen LogP contribution is -2.42. The van der Waals surface area contributed by atoms with Crippen molar-refractivity contribution in [1.82, 2.24) is 14.9 Å². The summed E-state index contributed by atoms with van der Waals surface area (Å²) in [7, 11) is 1.64. The van der Waals surface area contributed by atoms with Crippen LogP contribution in [0.2, 0.25) is 5.15 Å². The summed E-state index contributed by atoms with van der Waals surface area (Å²) in [5.74, 6) is 0.671. The van der Waals surface area contributed by atoms with Crippen LogP contribution in [-0.4, -0.2) is 47.7 Å². The second-order valence-corrected chi connectivity index (χ2v) is 5.47. The number of nitrogens with zero attached hydrogens (tertiary/aromatic N) is 3. The molecule has 6 heteroatoms. The molecule has 2 fully saturated rings. The molecule has 0 saturated carbocycles. The summed E-state index contributed by atoms with van der Waals surface area (Å²) in [6.45, 7) is 3.21. The van der Waals surface area contributed by atoms with Gasteiger partial charge in [0.05, 0.1) is 18.9 Å². The zero-order valence-electron chi connectivity index (χ0n) is 11.0. The van der Waals surface area contributed by atoms with E-state index in [0.717, 1.165) is 25.4 Å². The van der Waals surface area contributed by atoms with Gasteiger partial charge in [0, 0.05) is 19.7 Å². The summed E-state index contributed by atoms with van der Waals surface area (Å²) in [6, 6.07) is 2.31. The van der Waals surface area contributed by atoms with Gasteiger partial charge in [-0.15, -0.1) is 0 Å². The van der Waals surface area contributed by atoms with E-state index in [0.29, 0.717) is 23.6 Å². The second-order valence-electron chi connectivity index (χ2n) is 5.09. The highest BCUT2D eigenvalue weighted by molar-refractivity contribution is 6.29. The number of methoxy groups -OCH3 is 1. The molecule has 2 unspecified atom stereocenters. The van der Waals surface area contributed by atoms with Crippen LogP contribution in [0.3, 0.4) is 0 Å². The van der Waals surface area contributed by atoms with Gasteiger partial charge in [-0.05, 0) is 25.5 Å². The molecule has 0 spiro atoms. The lowest BCUT2D eigenvalue weighted by molar-refractivity contribution is -0.0543. The van der Waals surface area contributed by atoms with Gasteiger partial charge in [-0.25, -0.2) is 9.97 Å². The van der Waals surface area contributed by atoms with Gasteiger partial charge in [0.15, 0.2) is 5.82 Å². The molecular formula is C13H18ClN3O2. The van der Waals surface area contributed by atoms with E-state index in [1.54, 1.807) is 13.2 Å². The average molecular weight is 284 g/mol. The van der Waals surface area contributed by atoms with Gasteiger partial charge in [-0.2, -0.15) is 0 Å². The van der Waals surface area contributed by atoms with Gasteiger partial charge in [-0.3, -0.25) is 4.90 Å². The molecule has 2 atom stereocenters. The Bertz CT molecular complexity index is 458. The molecule has 2 saturated heterocycles. The van der Waals surface area contributed by atoms with Crippen molar-refractivity contribution in [2.75, 3.05) is 26.8 Å². The minimum Gasteiger partial charge on any atom is -0.378 e. The fourth-order valence-corrected chi connectivity index (χ4v) is 3.04. The van der Waals surface area contributed by atoms with E-state index in [4.69, 9.17) is 21.1 Å². The van der Waals surface area contributed by atoms with Crippen molar-refractivity contribution in [1.29, 1.82) is 0 Å². The predicted molar refractivity (Wildman–Crippen MR) is 71.0 cm³/mol. The van der Waals surface area contributed by atoms with Crippen LogP contribution in [0.5, 0.6) is 0 Å². The molecule has 0 aromatic carbocycles. The Morgan fingerprint density at radius 2 is 2.42 bits per heavy atom. The maximum absolute atomic E-state index is 6.04. The fourth-order valence-electron chi connectivity index (χ4n) is 2.82. The largest absolute Gasteiger partial charge is 0.378 e. The smallest absolute Gasteiger partial charge is 0.160 e. The first kappa shape index (κ1) is 13.2. The summed E-state index contributed by atoms with van der Waals surface area (Å²) in [4.78, 5) is 11.3. The van der Waals surface area contributed by atoms with Crippen molar-refractivity contribution in [3.8, 4) is 0 Å². The molecule has 0 radical (unpaired) electrons. The van der Waals surface area contributed by atoms with Crippen LogP contribution in [0.4, 0.5) is 0 Å². The molecule has 5 nitrogen and oxygen atoms in total. The molecule has 3 rings (SSSR count). The predicted octanol–water partition coefficient (Wildman–Crippen LogP) is 1.81. The normalized spacial score (nSPS) is 27.5. The van der Waals surface area contributed by atoms with Gasteiger partial charge >= 0.3 is 0 Å². The van der Waals surface area contributed by atoms with Crippen molar-refractivity contribution in [2.24, 2.45) is 0 Å². The first-order valence-corrected chi connectivity index (χ1v) is 7.02. The SMILES string of the molecule is COCc1cc(Cl)nc(C2CN3CCCC3CO2)n1. The minimum absolute atomic E-state index is 0.0799. The Hall–Kier alpha value is -0.750. The van der Waals surface area contributed by atoms with Gasteiger partial charge in [0.1, 0.15) is 11.3 Å². The second kappa shape index (κ2) is 5.71. The number of fused-ring (bicyclic) bond motifs is 1. The van der Waals surface area contributed by atoms with Gasteiger partial charge in [0.25, 0.3) is 0 Å². The Morgan fingerprint density at radius 3 is 3.26 bits per heavy atom. The number of rotatable bonds is 3. The molecule has 1 aromatic heterocycles. The monoisotopic (exact) mass is 283 g/mol. The quantitative estimate of drug-likeness (QED) is 0.792. The molecule has 0 amide bonds. The zero-order valence-corrected chi connectivity index (χ0v) is 11.8. The topological polar surface area (TPSA) is 47.5 Å². The first-order valence-electron chi connectivity index (χ1n) is 6.64. The number of aromatic nitrogens is 2. The van der Waals surface area contributed by atoms with E-state index in [9.17, 15) is 0 Å². The fraction of sp³-hybridized carbons (Fsp3) is 0.692. The van der Waals surface area contributed by atoms with Crippen LogP contribution in [-0.2, 0) is 16.1 Å². The molecular weight excluding hydrogens is 266 g/mol. The molecule has 0 bridgehead atoms. The van der Waals surface area contributed by atoms with Crippen molar-refractivity contribution in [2.45, 2.75) is 31.6 Å². The Morgan fingerprint density at radius 1 is 1.53 bits per heavy atom. The number of hydrogen-bond acceptors (Lipinski definition) is 5. The molecule has 1 aromatic rings. The Kier molecular flexibility index (Phi) is 3.98. The van der Waals surface area contributed by atoms with Crippen molar-refractivity contribution in [3.63, 3.8) is 0 Å². The highest BCUT2D eigenvalue weighted by Gasteiger charge is 2.34. The highest BCUT2D eigenvalue weighted by Crippen LogP contribution is 2.29. The van der Waals surface area contributed by atoms with E-state index in [2.05, 4.69) is 14.9 Å². The van der Waals surface area contributed by atoms with Gasteiger partial charge in [0.2, 0.25) is 0 Å². The average Bonchev–Trinajstić information content (AvgIpc) is 2.85. The standard InChI is InChI=1S/C13H18ClN3O2/c1-18-7-9-5-12(14)16-13(15-9)11-6-17-4-2-3-10(17)8-19-11/h5,10-11H,2-4,6-8H2,1H3. The third kappa shape index (κ3) is 2.89. The minimum atomic E-state index is -0.0799. The lowest BCUT2D eigenvalue weighted by Gasteiger charge is -2.34. The molecule has 2 aliphatic rings. The van der Waals surface area contributed by atoms with E-state index in [1.807, 2.05) is 0 Å². The van der Waals surface area contributed by atoms with Crippen molar-refractivity contribution < 1.29 is 9.47 Å². The van der Waals surface area contributed by atoms with Crippen molar-refractivity contribution in [3.05, 3.63) is 22.7 Å². The van der Waals surface area contributed by atoms with Crippen LogP contribution in [0, 0.1) is 0 Å². The number of ether oxygens (including phenoxy) is 2. The number of morpholine rings is 1. The lowest BCUT2D eigenvalue weighted by atomic mass is 10.2. The van der Waals surface area contributed by atoms with Crippen LogP contribution in [0.25, 0.3) is 0 Å². The first-order chi connectivity index (χ1) is 9.26. The van der Waals surface area contributed by atoms with Crippen molar-refractivity contribution >= 4 is 11.6 Å². The van der Waals surface area contributed by atoms with E-state index in [1.165, 1.54) is 12.8 Å². The molecule has 0 aliphatic carbocycles. The van der Waals surface area contributed by atoms with Crippen LogP contribution in [0.15, 0.2) is 6.07 Å². The van der Waals surface area contributed by atoms with Crippen LogP contribution >= 0.6 is 11.6 Å². The maximum atomic E-state index is 6.04.